The van der Waals surface area contributed by atoms with Crippen LogP contribution in [-0.4, -0.2) is 137 Å². The smallest absolute Gasteiger partial charge is 0.334 e. The number of ketones is 2. The summed E-state index contributed by atoms with van der Waals surface area (Å²) in [7, 11) is 0. The highest BCUT2D eigenvalue weighted by atomic mass is 16.6. The summed E-state index contributed by atoms with van der Waals surface area (Å²) in [4.78, 5) is 43.2. The minimum Gasteiger partial charge on any atom is -0.512 e. The number of fused-ring (bicyclic) bond motifs is 1. The Morgan fingerprint density at radius 1 is 0.790 bits per heavy atom. The van der Waals surface area contributed by atoms with E-state index in [-0.39, 0.29) is 63.0 Å². The molecule has 1 fully saturated rings. The second-order valence-corrected chi connectivity index (χ2v) is 17.1. The van der Waals surface area contributed by atoms with E-state index in [2.05, 4.69) is 29.2 Å². The zero-order valence-electron chi connectivity index (χ0n) is 43.5. The van der Waals surface area contributed by atoms with E-state index in [0.29, 0.717) is 41.6 Å². The normalized spacial score (nSPS) is 22.7. The Hall–Kier alpha value is -8.06. The lowest BCUT2D eigenvalue weighted by atomic mass is 9.93. The number of hydrogen-bond acceptors (Lipinski definition) is 22. The minimum atomic E-state index is -1.30. The lowest BCUT2D eigenvalue weighted by molar-refractivity contribution is -0.194. The summed E-state index contributed by atoms with van der Waals surface area (Å²) in [5, 5.41) is 90.0. The summed E-state index contributed by atoms with van der Waals surface area (Å²) in [6.45, 7) is 13.7. The molecule has 5 aliphatic heterocycles. The average molecular weight is 1140 g/mol. The highest BCUT2D eigenvalue weighted by Crippen LogP contribution is 2.30. The fourth-order valence-electron chi connectivity index (χ4n) is 6.64. The van der Waals surface area contributed by atoms with E-state index >= 15 is 0 Å². The summed E-state index contributed by atoms with van der Waals surface area (Å²) in [5.74, 6) is 1.81. The number of hydrogen-bond donors (Lipinski definition) is 10. The zero-order valence-corrected chi connectivity index (χ0v) is 43.5. The van der Waals surface area contributed by atoms with Crippen LogP contribution in [-0.2, 0) is 39.9 Å². The lowest BCUT2D eigenvalue weighted by Gasteiger charge is -2.33. The molecule has 10 rings (SSSR count). The molecule has 0 saturated carbocycles. The van der Waals surface area contributed by atoms with E-state index in [1.807, 2.05) is 30.4 Å². The molecule has 1 aromatic carbocycles. The van der Waals surface area contributed by atoms with Crippen molar-refractivity contribution >= 4 is 35.3 Å². The molecule has 1 saturated heterocycles. The number of para-hydroxylation sites is 1. The number of cyclic esters (lactones) is 2. The molecule has 22 heteroatoms. The number of ether oxygens (including phenoxy) is 5. The third-order valence-electron chi connectivity index (χ3n) is 10.9. The molecular weight excluding hydrogens is 1060 g/mol. The first kappa shape index (κ1) is 71.0. The molecular formula is C59H76O22. The molecule has 8 heterocycles. The van der Waals surface area contributed by atoms with Crippen molar-refractivity contribution in [1.29, 1.82) is 0 Å². The van der Waals surface area contributed by atoms with E-state index in [4.69, 9.17) is 58.1 Å². The fraction of sp³-hybridized carbons (Fsp3) is 0.356. The summed E-state index contributed by atoms with van der Waals surface area (Å²) >= 11 is 0. The van der Waals surface area contributed by atoms with Gasteiger partial charge in [-0.1, -0.05) is 52.8 Å². The van der Waals surface area contributed by atoms with E-state index in [1.165, 1.54) is 50.0 Å². The molecule has 444 valence electrons. The van der Waals surface area contributed by atoms with Crippen molar-refractivity contribution in [2.75, 3.05) is 19.8 Å². The molecule has 1 aliphatic carbocycles. The monoisotopic (exact) mass is 1140 g/mol. The van der Waals surface area contributed by atoms with Gasteiger partial charge in [0.1, 0.15) is 89.8 Å². The standard InChI is InChI=1S/C10H8O4.C10H8O2.C7H12O5.C7H8O2.C6H10O4.C6H8O3.C6H8O.C5H6O.2CH4/c11-9(7-3-1-5-13-7)10(12)8-4-2-6-14-8;1-7-6-9(11)8-4-2-3-5-10(8)12-7;1-3-5(9)6(10)4(2-8)12-7(3)11;1-2-6-3-4-7(5-8)9-6;7-3-5-6(9)4(8)1-2-10-5;1-4-2-5(7)3-6(8)9-4;7-6-4-2-1-3-5-6;1-5-3-2-4-6-5;;/h1-6,9,11H;2-6,11H,1H2;3-6,8-10H,2H2,1H3;2-4,8H,1,5H2;1-2,4-9H,3H2;3-4,7H,2H2,1H3;2,4H,1,3,5H2;2-3H,1,4H2;2*1H4. The Labute approximate surface area is 470 Å². The van der Waals surface area contributed by atoms with Gasteiger partial charge < -0.3 is 88.0 Å². The van der Waals surface area contributed by atoms with Crippen molar-refractivity contribution < 1.29 is 107 Å². The molecule has 0 radical (unpaired) electrons. The first-order valence-corrected chi connectivity index (χ1v) is 24.5. The van der Waals surface area contributed by atoms with Crippen LogP contribution >= 0.6 is 0 Å². The zero-order chi connectivity index (χ0) is 58.4. The van der Waals surface area contributed by atoms with Gasteiger partial charge in [-0.3, -0.25) is 14.4 Å². The second-order valence-electron chi connectivity index (χ2n) is 17.1. The van der Waals surface area contributed by atoms with Crippen molar-refractivity contribution in [2.45, 2.75) is 110 Å². The van der Waals surface area contributed by atoms with Gasteiger partial charge >= 0.3 is 11.9 Å². The number of aliphatic hydroxyl groups is 10. The maximum atomic E-state index is 11.5. The van der Waals surface area contributed by atoms with E-state index in [9.17, 15) is 39.6 Å². The summed E-state index contributed by atoms with van der Waals surface area (Å²) in [6, 6.07) is 17.0. The third kappa shape index (κ3) is 24.9. The van der Waals surface area contributed by atoms with Crippen molar-refractivity contribution in [3.63, 3.8) is 0 Å². The molecule has 9 unspecified atom stereocenters. The Kier molecular flexibility index (Phi) is 33.1. The molecule has 9 atom stereocenters. The number of rotatable bonds is 7. The Morgan fingerprint density at radius 2 is 1.48 bits per heavy atom. The number of furan rings is 3. The van der Waals surface area contributed by atoms with Crippen LogP contribution in [0.15, 0.2) is 172 Å². The van der Waals surface area contributed by atoms with Crippen LogP contribution in [0.2, 0.25) is 0 Å². The van der Waals surface area contributed by atoms with Gasteiger partial charge in [-0.2, -0.15) is 0 Å². The maximum absolute atomic E-state index is 11.5. The topological polar surface area (TPSA) is 356 Å². The highest BCUT2D eigenvalue weighted by molar-refractivity contribution is 5.97. The van der Waals surface area contributed by atoms with E-state index in [0.717, 1.165) is 31.1 Å². The molecule has 10 N–H and O–H groups in total. The Balaban J connectivity index is 0.000000466. The van der Waals surface area contributed by atoms with Gasteiger partial charge in [0, 0.05) is 18.9 Å². The van der Waals surface area contributed by atoms with Crippen LogP contribution < -0.4 is 4.74 Å². The predicted octanol–water partition coefficient (Wildman–Crippen LogP) is 6.99. The summed E-state index contributed by atoms with van der Waals surface area (Å²) in [5.41, 5.74) is 0.713. The van der Waals surface area contributed by atoms with Crippen molar-refractivity contribution in [3.8, 4) is 5.75 Å². The Morgan fingerprint density at radius 3 is 1.96 bits per heavy atom. The number of aliphatic hydroxyl groups excluding tert-OH is 10. The summed E-state index contributed by atoms with van der Waals surface area (Å²) < 4.78 is 39.0. The number of carbonyl (C=O) groups is 4. The molecule has 6 aliphatic rings. The van der Waals surface area contributed by atoms with Gasteiger partial charge in [-0.15, -0.1) is 0 Å². The van der Waals surface area contributed by atoms with E-state index < -0.39 is 73.0 Å². The van der Waals surface area contributed by atoms with Crippen LogP contribution in [0, 0.1) is 5.92 Å². The van der Waals surface area contributed by atoms with E-state index in [1.54, 1.807) is 55.5 Å². The number of esters is 2. The molecule has 0 amide bonds. The minimum absolute atomic E-state index is 0. The molecule has 3 aromatic heterocycles. The van der Waals surface area contributed by atoms with Crippen LogP contribution in [0.5, 0.6) is 5.75 Å². The van der Waals surface area contributed by atoms with Gasteiger partial charge in [0.25, 0.3) is 0 Å². The van der Waals surface area contributed by atoms with Gasteiger partial charge in [0.05, 0.1) is 55.7 Å². The lowest BCUT2D eigenvalue weighted by Crippen LogP contribution is -2.52. The molecule has 0 bridgehead atoms. The summed E-state index contributed by atoms with van der Waals surface area (Å²) in [6.07, 6.45) is 12.9. The average Bonchev–Trinajstić information content (AvgIpc) is 4.31. The maximum Gasteiger partial charge on any atom is 0.334 e. The molecule has 0 spiro atoms. The fourth-order valence-corrected chi connectivity index (χ4v) is 6.64. The first-order chi connectivity index (χ1) is 37.7. The molecule has 81 heavy (non-hydrogen) atoms. The van der Waals surface area contributed by atoms with Gasteiger partial charge in [0.2, 0.25) is 5.78 Å². The van der Waals surface area contributed by atoms with Crippen LogP contribution in [0.1, 0.15) is 93.9 Å². The second kappa shape index (κ2) is 37.7. The first-order valence-electron chi connectivity index (χ1n) is 24.5. The van der Waals surface area contributed by atoms with Gasteiger partial charge in [-0.05, 0) is 106 Å². The number of Topliss-reactive ketones (excluding diaryl/α,β-unsaturated/α-hetero) is 1. The molecule has 4 aromatic rings. The highest BCUT2D eigenvalue weighted by Gasteiger charge is 2.41. The number of benzene rings is 1. The Bertz CT molecular complexity index is 2690. The number of carbonyl (C=O) groups excluding carboxylic acids is 4. The predicted molar refractivity (Wildman–Crippen MR) is 296 cm³/mol. The largest absolute Gasteiger partial charge is 0.512 e. The van der Waals surface area contributed by atoms with Crippen molar-refractivity contribution in [3.05, 3.63) is 188 Å². The van der Waals surface area contributed by atoms with Crippen LogP contribution in [0.25, 0.3) is 11.8 Å². The van der Waals surface area contributed by atoms with Crippen LogP contribution in [0.4, 0.5) is 0 Å². The van der Waals surface area contributed by atoms with Gasteiger partial charge in [0.15, 0.2) is 23.8 Å². The third-order valence-corrected chi connectivity index (χ3v) is 10.9. The van der Waals surface area contributed by atoms with Crippen molar-refractivity contribution in [1.82, 2.24) is 0 Å². The van der Waals surface area contributed by atoms with Crippen LogP contribution in [0.3, 0.4) is 0 Å². The quantitative estimate of drug-likeness (QED) is 0.0658. The number of allylic oxidation sites excluding steroid dienone is 4. The van der Waals surface area contributed by atoms with Crippen molar-refractivity contribution in [2.24, 2.45) is 5.92 Å². The molecule has 22 nitrogen and oxygen atoms in total. The SMILES string of the molecule is C.C.C=C1C=C(O)c2ccccc2O1.C=C1C=CCO1.C=Cc1ccc(CO)o1.CC1C(=O)OC(CO)C(O)C1O.CC1CC(O)=CC(=O)O1.O=C(c1ccco1)C(O)c1ccco1.O=C1C=CCCC1.OCC1OC=CC(O)C1O. The van der Waals surface area contributed by atoms with Gasteiger partial charge in [-0.25, -0.2) is 4.79 Å².